The van der Waals surface area contributed by atoms with Gasteiger partial charge >= 0.3 is 0 Å². The number of amides is 1. The summed E-state index contributed by atoms with van der Waals surface area (Å²) in [6.07, 6.45) is 4.52. The van der Waals surface area contributed by atoms with E-state index in [9.17, 15) is 4.79 Å². The first-order chi connectivity index (χ1) is 15.1. The Hall–Kier alpha value is -2.37. The largest absolute Gasteiger partial charge is 0.370 e. The quantitative estimate of drug-likeness (QED) is 0.664. The van der Waals surface area contributed by atoms with E-state index in [-0.39, 0.29) is 17.6 Å². The topological polar surface area (TPSA) is 46.5 Å². The summed E-state index contributed by atoms with van der Waals surface area (Å²) < 4.78 is 8.83. The van der Waals surface area contributed by atoms with E-state index in [2.05, 4.69) is 64.2 Å². The Morgan fingerprint density at radius 3 is 2.65 bits per heavy atom. The number of aromatic nitrogens is 1. The number of para-hydroxylation sites is 1. The molecule has 1 amide bonds. The number of carbonyl (C=O) groups excluding carboxylic acids is 1. The average Bonchev–Trinajstić information content (AvgIpc) is 3.32. The van der Waals surface area contributed by atoms with Gasteiger partial charge in [0.2, 0.25) is 5.91 Å². The lowest BCUT2D eigenvalue weighted by Gasteiger charge is -2.39. The first kappa shape index (κ1) is 20.5. The van der Waals surface area contributed by atoms with Crippen LogP contribution in [0, 0.1) is 0 Å². The second-order valence-electron chi connectivity index (χ2n) is 9.29. The highest BCUT2D eigenvalue weighted by Crippen LogP contribution is 2.39. The monoisotopic (exact) mass is 419 g/mol. The summed E-state index contributed by atoms with van der Waals surface area (Å²) in [5.74, 6) is 0.0263. The Bertz CT molecular complexity index is 1090. The molecule has 5 heteroatoms. The molecular formula is C26H33N3O2. The SMILES string of the molecule is CCn1c2ccccc2c2cc(CN3CCC4(CCC(CNC(C)=O)O4)CC3)ccc21. The van der Waals surface area contributed by atoms with E-state index >= 15 is 0 Å². The van der Waals surface area contributed by atoms with Crippen LogP contribution in [0.1, 0.15) is 45.1 Å². The van der Waals surface area contributed by atoms with Crippen LogP contribution < -0.4 is 5.32 Å². The third kappa shape index (κ3) is 3.97. The lowest BCUT2D eigenvalue weighted by atomic mass is 9.88. The molecule has 1 atom stereocenters. The summed E-state index contributed by atoms with van der Waals surface area (Å²) in [4.78, 5) is 13.7. The van der Waals surface area contributed by atoms with Crippen molar-refractivity contribution in [3.05, 3.63) is 48.0 Å². The average molecular weight is 420 g/mol. The van der Waals surface area contributed by atoms with Crippen molar-refractivity contribution in [3.63, 3.8) is 0 Å². The van der Waals surface area contributed by atoms with Crippen molar-refractivity contribution in [1.29, 1.82) is 0 Å². The van der Waals surface area contributed by atoms with E-state index in [1.54, 1.807) is 6.92 Å². The Labute approximate surface area is 184 Å². The van der Waals surface area contributed by atoms with Crippen LogP contribution in [0.2, 0.25) is 0 Å². The van der Waals surface area contributed by atoms with Gasteiger partial charge in [0.1, 0.15) is 0 Å². The lowest BCUT2D eigenvalue weighted by molar-refractivity contribution is -0.120. The summed E-state index contributed by atoms with van der Waals surface area (Å²) in [6.45, 7) is 8.55. The molecule has 1 N–H and O–H groups in total. The fraction of sp³-hybridized carbons (Fsp3) is 0.500. The molecule has 0 radical (unpaired) electrons. The van der Waals surface area contributed by atoms with Gasteiger partial charge in [0.05, 0.1) is 11.7 Å². The van der Waals surface area contributed by atoms with Gasteiger partial charge in [-0.05, 0) is 56.4 Å². The van der Waals surface area contributed by atoms with Gasteiger partial charge in [0.15, 0.2) is 0 Å². The molecule has 3 heterocycles. The van der Waals surface area contributed by atoms with Crippen molar-refractivity contribution in [3.8, 4) is 0 Å². The molecule has 2 aliphatic rings. The molecular weight excluding hydrogens is 386 g/mol. The van der Waals surface area contributed by atoms with Gasteiger partial charge in [-0.3, -0.25) is 9.69 Å². The lowest BCUT2D eigenvalue weighted by Crippen LogP contribution is -2.44. The van der Waals surface area contributed by atoms with Gasteiger partial charge in [-0.15, -0.1) is 0 Å². The third-order valence-electron chi connectivity index (χ3n) is 7.24. The van der Waals surface area contributed by atoms with E-state index in [1.807, 2.05) is 0 Å². The molecule has 0 saturated carbocycles. The van der Waals surface area contributed by atoms with E-state index < -0.39 is 0 Å². The van der Waals surface area contributed by atoms with Crippen LogP contribution in [0.5, 0.6) is 0 Å². The Balaban J connectivity index is 1.26. The maximum absolute atomic E-state index is 11.2. The maximum atomic E-state index is 11.2. The van der Waals surface area contributed by atoms with E-state index in [0.717, 1.165) is 51.9 Å². The molecule has 2 aromatic carbocycles. The molecule has 5 nitrogen and oxygen atoms in total. The third-order valence-corrected chi connectivity index (χ3v) is 7.24. The molecule has 5 rings (SSSR count). The fourth-order valence-corrected chi connectivity index (χ4v) is 5.58. The Kier molecular flexibility index (Phi) is 5.49. The van der Waals surface area contributed by atoms with Gasteiger partial charge in [0, 0.05) is 61.5 Å². The summed E-state index contributed by atoms with van der Waals surface area (Å²) in [5, 5.41) is 5.62. The number of carbonyl (C=O) groups is 1. The highest BCUT2D eigenvalue weighted by molar-refractivity contribution is 6.08. The predicted molar refractivity (Wildman–Crippen MR) is 125 cm³/mol. The summed E-state index contributed by atoms with van der Waals surface area (Å²) in [5.41, 5.74) is 4.07. The van der Waals surface area contributed by atoms with Crippen molar-refractivity contribution in [2.24, 2.45) is 0 Å². The van der Waals surface area contributed by atoms with Gasteiger partial charge in [-0.1, -0.05) is 24.3 Å². The smallest absolute Gasteiger partial charge is 0.216 e. The second kappa shape index (κ2) is 8.29. The number of nitrogens with zero attached hydrogens (tertiary/aromatic N) is 2. The zero-order valence-electron chi connectivity index (χ0n) is 18.7. The van der Waals surface area contributed by atoms with E-state index in [4.69, 9.17) is 4.74 Å². The van der Waals surface area contributed by atoms with Crippen LogP contribution in [-0.4, -0.2) is 46.7 Å². The molecule has 31 heavy (non-hydrogen) atoms. The number of likely N-dealkylation sites (tertiary alicyclic amines) is 1. The fourth-order valence-electron chi connectivity index (χ4n) is 5.58. The summed E-state index contributed by atoms with van der Waals surface area (Å²) >= 11 is 0. The van der Waals surface area contributed by atoms with Crippen LogP contribution >= 0.6 is 0 Å². The number of aryl methyl sites for hydroxylation is 1. The van der Waals surface area contributed by atoms with Gasteiger partial charge < -0.3 is 14.6 Å². The van der Waals surface area contributed by atoms with Crippen LogP contribution in [0.4, 0.5) is 0 Å². The number of hydrogen-bond acceptors (Lipinski definition) is 3. The van der Waals surface area contributed by atoms with Crippen molar-refractivity contribution in [1.82, 2.24) is 14.8 Å². The maximum Gasteiger partial charge on any atom is 0.216 e. The number of ether oxygens (including phenoxy) is 1. The van der Waals surface area contributed by atoms with Crippen LogP contribution in [0.3, 0.4) is 0 Å². The van der Waals surface area contributed by atoms with Crippen LogP contribution in [-0.2, 0) is 22.6 Å². The number of benzene rings is 2. The van der Waals surface area contributed by atoms with Gasteiger partial charge in [-0.25, -0.2) is 0 Å². The summed E-state index contributed by atoms with van der Waals surface area (Å²) in [6, 6.07) is 15.7. The number of nitrogens with one attached hydrogen (secondary N) is 1. The van der Waals surface area contributed by atoms with Crippen molar-refractivity contribution in [2.45, 2.75) is 64.3 Å². The molecule has 3 aromatic rings. The molecule has 0 aliphatic carbocycles. The van der Waals surface area contributed by atoms with Crippen molar-refractivity contribution < 1.29 is 9.53 Å². The molecule has 1 aromatic heterocycles. The number of piperidine rings is 1. The molecule has 2 aliphatic heterocycles. The van der Waals surface area contributed by atoms with Crippen LogP contribution in [0.25, 0.3) is 21.8 Å². The molecule has 2 fully saturated rings. The minimum atomic E-state index is 0.0259. The van der Waals surface area contributed by atoms with Crippen molar-refractivity contribution in [2.75, 3.05) is 19.6 Å². The zero-order valence-corrected chi connectivity index (χ0v) is 18.7. The number of rotatable bonds is 5. The number of fused-ring (bicyclic) bond motifs is 3. The predicted octanol–water partition coefficient (Wildman–Crippen LogP) is 4.46. The number of hydrogen-bond donors (Lipinski definition) is 1. The standard InChI is InChI=1S/C26H33N3O2/c1-3-29-24-7-5-4-6-22(24)23-16-20(8-9-25(23)29)18-28-14-12-26(13-15-28)11-10-21(31-26)17-27-19(2)30/h4-9,16,21H,3,10-15,17-18H2,1-2H3,(H,27,30). The van der Waals surface area contributed by atoms with Crippen molar-refractivity contribution >= 4 is 27.7 Å². The van der Waals surface area contributed by atoms with Gasteiger partial charge in [0.25, 0.3) is 0 Å². The molecule has 1 spiro atoms. The highest BCUT2D eigenvalue weighted by atomic mass is 16.5. The van der Waals surface area contributed by atoms with Gasteiger partial charge in [-0.2, -0.15) is 0 Å². The summed E-state index contributed by atoms with van der Waals surface area (Å²) in [7, 11) is 0. The molecule has 164 valence electrons. The minimum Gasteiger partial charge on any atom is -0.370 e. The van der Waals surface area contributed by atoms with E-state index in [0.29, 0.717) is 6.54 Å². The molecule has 2 saturated heterocycles. The zero-order chi connectivity index (χ0) is 21.4. The second-order valence-corrected chi connectivity index (χ2v) is 9.29. The Morgan fingerprint density at radius 2 is 1.87 bits per heavy atom. The van der Waals surface area contributed by atoms with E-state index in [1.165, 1.54) is 27.4 Å². The Morgan fingerprint density at radius 1 is 1.10 bits per heavy atom. The first-order valence-electron chi connectivity index (χ1n) is 11.7. The van der Waals surface area contributed by atoms with Crippen LogP contribution in [0.15, 0.2) is 42.5 Å². The minimum absolute atomic E-state index is 0.0259. The first-order valence-corrected chi connectivity index (χ1v) is 11.7. The molecule has 1 unspecified atom stereocenters. The highest BCUT2D eigenvalue weighted by Gasteiger charge is 2.42. The molecule has 0 bridgehead atoms. The normalized spacial score (nSPS) is 21.3.